The number of hydrogen-bond acceptors (Lipinski definition) is 3. The number of alkyl halides is 1. The van der Waals surface area contributed by atoms with Crippen LogP contribution in [-0.4, -0.2) is 24.3 Å². The van der Waals surface area contributed by atoms with Gasteiger partial charge in [0.1, 0.15) is 0 Å². The lowest BCUT2D eigenvalue weighted by Crippen LogP contribution is -2.17. The molecule has 1 N–H and O–H groups in total. The molecular formula is C12H19FN2O. The van der Waals surface area contributed by atoms with Crippen molar-refractivity contribution in [1.82, 2.24) is 10.3 Å². The first-order valence-corrected chi connectivity index (χ1v) is 5.61. The molecule has 0 unspecified atom stereocenters. The highest BCUT2D eigenvalue weighted by molar-refractivity contribution is 5.25. The smallest absolute Gasteiger partial charge is 0.218 e. The lowest BCUT2D eigenvalue weighted by molar-refractivity contribution is 0.229. The Kier molecular flexibility index (Phi) is 5.78. The van der Waals surface area contributed by atoms with Gasteiger partial charge in [0.25, 0.3) is 0 Å². The highest BCUT2D eigenvalue weighted by atomic mass is 19.1. The molecule has 0 aliphatic rings. The molecule has 0 aliphatic carbocycles. The van der Waals surface area contributed by atoms with Crippen molar-refractivity contribution in [2.45, 2.75) is 32.9 Å². The summed E-state index contributed by atoms with van der Waals surface area (Å²) in [5, 5.41) is 3.16. The van der Waals surface area contributed by atoms with Gasteiger partial charge >= 0.3 is 0 Å². The highest BCUT2D eigenvalue weighted by Crippen LogP contribution is 2.15. The molecule has 0 aliphatic heterocycles. The summed E-state index contributed by atoms with van der Waals surface area (Å²) in [5.41, 5.74) is 1.01. The fourth-order valence-electron chi connectivity index (χ4n) is 1.30. The van der Waals surface area contributed by atoms with Gasteiger partial charge in [-0.05, 0) is 32.9 Å². The van der Waals surface area contributed by atoms with E-state index in [4.69, 9.17) is 4.74 Å². The van der Waals surface area contributed by atoms with Crippen molar-refractivity contribution >= 4 is 0 Å². The second kappa shape index (κ2) is 7.17. The fraction of sp³-hybridized carbons (Fsp3) is 0.583. The van der Waals surface area contributed by atoms with E-state index in [1.165, 1.54) is 0 Å². The number of pyridine rings is 1. The standard InChI is InChI=1S/C12H19FN2O/c1-10(2)16-12-11(5-3-8-15-12)9-14-7-4-6-13/h3,5,8,10,14H,4,6-7,9H2,1-2H3. The molecule has 0 fully saturated rings. The van der Waals surface area contributed by atoms with Crippen molar-refractivity contribution in [3.05, 3.63) is 23.9 Å². The van der Waals surface area contributed by atoms with Crippen molar-refractivity contribution in [1.29, 1.82) is 0 Å². The van der Waals surface area contributed by atoms with Gasteiger partial charge in [-0.25, -0.2) is 4.98 Å². The first-order chi connectivity index (χ1) is 7.74. The van der Waals surface area contributed by atoms with Gasteiger partial charge in [-0.15, -0.1) is 0 Å². The zero-order valence-corrected chi connectivity index (χ0v) is 9.87. The Balaban J connectivity index is 2.50. The lowest BCUT2D eigenvalue weighted by Gasteiger charge is -2.13. The summed E-state index contributed by atoms with van der Waals surface area (Å²) in [7, 11) is 0. The van der Waals surface area contributed by atoms with E-state index >= 15 is 0 Å². The second-order valence-electron chi connectivity index (χ2n) is 3.85. The molecule has 0 saturated heterocycles. The van der Waals surface area contributed by atoms with Crippen LogP contribution in [0.1, 0.15) is 25.8 Å². The van der Waals surface area contributed by atoms with Crippen molar-refractivity contribution in [2.24, 2.45) is 0 Å². The third-order valence-electron chi connectivity index (χ3n) is 2.00. The number of nitrogens with one attached hydrogen (secondary N) is 1. The molecule has 0 aromatic carbocycles. The number of nitrogens with zero attached hydrogens (tertiary/aromatic N) is 1. The molecule has 1 aromatic rings. The van der Waals surface area contributed by atoms with Crippen LogP contribution in [0.5, 0.6) is 5.88 Å². The zero-order chi connectivity index (χ0) is 11.8. The maximum atomic E-state index is 11.9. The minimum atomic E-state index is -0.282. The van der Waals surface area contributed by atoms with Gasteiger partial charge in [-0.1, -0.05) is 6.07 Å². The normalized spacial score (nSPS) is 10.8. The molecule has 3 nitrogen and oxygen atoms in total. The van der Waals surface area contributed by atoms with E-state index in [2.05, 4.69) is 10.3 Å². The summed E-state index contributed by atoms with van der Waals surface area (Å²) in [6.45, 7) is 4.99. The van der Waals surface area contributed by atoms with Gasteiger partial charge in [-0.3, -0.25) is 4.39 Å². The van der Waals surface area contributed by atoms with Gasteiger partial charge in [-0.2, -0.15) is 0 Å². The summed E-state index contributed by atoms with van der Waals surface area (Å²) < 4.78 is 17.5. The van der Waals surface area contributed by atoms with E-state index in [1.807, 2.05) is 26.0 Å². The van der Waals surface area contributed by atoms with Crippen molar-refractivity contribution < 1.29 is 9.13 Å². The summed E-state index contributed by atoms with van der Waals surface area (Å²) >= 11 is 0. The van der Waals surface area contributed by atoms with Crippen molar-refractivity contribution in [2.75, 3.05) is 13.2 Å². The SMILES string of the molecule is CC(C)Oc1ncccc1CNCCCF. The van der Waals surface area contributed by atoms with Crippen LogP contribution in [-0.2, 0) is 6.54 Å². The van der Waals surface area contributed by atoms with E-state index in [1.54, 1.807) is 6.20 Å². The molecule has 16 heavy (non-hydrogen) atoms. The summed E-state index contributed by atoms with van der Waals surface area (Å²) in [6, 6.07) is 3.84. The molecule has 0 saturated carbocycles. The van der Waals surface area contributed by atoms with Crippen LogP contribution in [0.4, 0.5) is 4.39 Å². The number of ether oxygens (including phenoxy) is 1. The van der Waals surface area contributed by atoms with Crippen LogP contribution in [0.25, 0.3) is 0 Å². The molecule has 0 spiro atoms. The average Bonchev–Trinajstić information content (AvgIpc) is 2.26. The van der Waals surface area contributed by atoms with Gasteiger partial charge < -0.3 is 10.1 Å². The third kappa shape index (κ3) is 4.57. The molecule has 1 rings (SSSR count). The second-order valence-corrected chi connectivity index (χ2v) is 3.85. The molecule has 0 atom stereocenters. The van der Waals surface area contributed by atoms with Crippen LogP contribution in [0.15, 0.2) is 18.3 Å². The van der Waals surface area contributed by atoms with Crippen LogP contribution >= 0.6 is 0 Å². The first kappa shape index (κ1) is 12.9. The largest absolute Gasteiger partial charge is 0.475 e. The van der Waals surface area contributed by atoms with Crippen LogP contribution < -0.4 is 10.1 Å². The molecule has 4 heteroatoms. The highest BCUT2D eigenvalue weighted by Gasteiger charge is 2.05. The van der Waals surface area contributed by atoms with Crippen LogP contribution in [0, 0.1) is 0 Å². The maximum absolute atomic E-state index is 11.9. The van der Waals surface area contributed by atoms with Gasteiger partial charge in [0.15, 0.2) is 0 Å². The number of halogens is 1. The molecular weight excluding hydrogens is 207 g/mol. The first-order valence-electron chi connectivity index (χ1n) is 5.61. The van der Waals surface area contributed by atoms with Crippen molar-refractivity contribution in [3.63, 3.8) is 0 Å². The quantitative estimate of drug-likeness (QED) is 0.724. The Labute approximate surface area is 96.0 Å². The van der Waals surface area contributed by atoms with Gasteiger partial charge in [0.2, 0.25) is 5.88 Å². The third-order valence-corrected chi connectivity index (χ3v) is 2.00. The molecule has 0 radical (unpaired) electrons. The van der Waals surface area contributed by atoms with Gasteiger partial charge in [0, 0.05) is 18.3 Å². The Morgan fingerprint density at radius 2 is 2.31 bits per heavy atom. The summed E-state index contributed by atoms with van der Waals surface area (Å²) in [5.74, 6) is 0.658. The van der Waals surface area contributed by atoms with Crippen LogP contribution in [0.3, 0.4) is 0 Å². The van der Waals surface area contributed by atoms with Crippen LogP contribution in [0.2, 0.25) is 0 Å². The Morgan fingerprint density at radius 3 is 3.00 bits per heavy atom. The molecule has 0 amide bonds. The lowest BCUT2D eigenvalue weighted by atomic mass is 10.2. The van der Waals surface area contributed by atoms with E-state index in [0.29, 0.717) is 25.4 Å². The Hall–Kier alpha value is -1.16. The molecule has 1 aromatic heterocycles. The van der Waals surface area contributed by atoms with E-state index in [-0.39, 0.29) is 12.8 Å². The van der Waals surface area contributed by atoms with E-state index in [9.17, 15) is 4.39 Å². The predicted octanol–water partition coefficient (Wildman–Crippen LogP) is 2.32. The molecule has 90 valence electrons. The summed E-state index contributed by atoms with van der Waals surface area (Å²) in [4.78, 5) is 4.18. The van der Waals surface area contributed by atoms with Gasteiger partial charge in [0.05, 0.1) is 12.8 Å². The minimum Gasteiger partial charge on any atom is -0.475 e. The minimum absolute atomic E-state index is 0.111. The fourth-order valence-corrected chi connectivity index (χ4v) is 1.30. The number of hydrogen-bond donors (Lipinski definition) is 1. The monoisotopic (exact) mass is 226 g/mol. The van der Waals surface area contributed by atoms with Crippen molar-refractivity contribution in [3.8, 4) is 5.88 Å². The Morgan fingerprint density at radius 1 is 1.50 bits per heavy atom. The summed E-state index contributed by atoms with van der Waals surface area (Å²) in [6.07, 6.45) is 2.36. The number of rotatable bonds is 7. The Bertz CT molecular complexity index is 305. The molecule has 1 heterocycles. The zero-order valence-electron chi connectivity index (χ0n) is 9.87. The van der Waals surface area contributed by atoms with E-state index < -0.39 is 0 Å². The number of aromatic nitrogens is 1. The molecule has 0 bridgehead atoms. The topological polar surface area (TPSA) is 34.1 Å². The average molecular weight is 226 g/mol. The predicted molar refractivity (Wildman–Crippen MR) is 62.3 cm³/mol. The van der Waals surface area contributed by atoms with E-state index in [0.717, 1.165) is 5.56 Å². The maximum Gasteiger partial charge on any atom is 0.218 e.